The maximum absolute atomic E-state index is 11.7. The van der Waals surface area contributed by atoms with Crippen molar-refractivity contribution in [3.63, 3.8) is 0 Å². The number of hydrogen-bond donors (Lipinski definition) is 2. The maximum atomic E-state index is 11.7. The molecule has 0 spiro atoms. The third-order valence-corrected chi connectivity index (χ3v) is 4.28. The minimum atomic E-state index is -0.163. The van der Waals surface area contributed by atoms with Crippen molar-refractivity contribution in [1.29, 1.82) is 0 Å². The Hall–Kier alpha value is -0.870. The van der Waals surface area contributed by atoms with Crippen molar-refractivity contribution in [3.8, 4) is 0 Å². The number of nitrogens with two attached hydrogens (primary N) is 1. The second-order valence-corrected chi connectivity index (χ2v) is 5.99. The molecule has 0 aromatic carbocycles. The first-order valence-electron chi connectivity index (χ1n) is 6.26. The summed E-state index contributed by atoms with van der Waals surface area (Å²) < 4.78 is 0. The number of amides is 1. The van der Waals surface area contributed by atoms with Crippen LogP contribution in [-0.4, -0.2) is 18.0 Å². The van der Waals surface area contributed by atoms with Crippen molar-refractivity contribution in [2.45, 2.75) is 44.1 Å². The summed E-state index contributed by atoms with van der Waals surface area (Å²) in [6.45, 7) is 0.622. The molecule has 1 amide bonds. The van der Waals surface area contributed by atoms with Crippen LogP contribution < -0.4 is 11.1 Å². The summed E-state index contributed by atoms with van der Waals surface area (Å²) in [7, 11) is 0. The molecule has 94 valence electrons. The summed E-state index contributed by atoms with van der Waals surface area (Å²) in [6, 6.07) is 3.96. The lowest BCUT2D eigenvalue weighted by atomic mass is 9.82. The van der Waals surface area contributed by atoms with Gasteiger partial charge in [0, 0.05) is 17.0 Å². The molecular weight excluding hydrogens is 232 g/mol. The fourth-order valence-electron chi connectivity index (χ4n) is 2.34. The van der Waals surface area contributed by atoms with E-state index in [0.29, 0.717) is 13.0 Å². The number of carbonyl (C=O) groups excluding carboxylic acids is 1. The second kappa shape index (κ2) is 5.65. The van der Waals surface area contributed by atoms with Gasteiger partial charge in [0.25, 0.3) is 0 Å². The van der Waals surface area contributed by atoms with Gasteiger partial charge in [0.1, 0.15) is 0 Å². The molecule has 0 bridgehead atoms. The van der Waals surface area contributed by atoms with Crippen LogP contribution in [0.3, 0.4) is 0 Å². The van der Waals surface area contributed by atoms with Gasteiger partial charge in [-0.25, -0.2) is 0 Å². The molecule has 2 rings (SSSR count). The number of thiophene rings is 1. The summed E-state index contributed by atoms with van der Waals surface area (Å²) in [4.78, 5) is 12.8. The van der Waals surface area contributed by atoms with Crippen molar-refractivity contribution in [3.05, 3.63) is 22.4 Å². The molecule has 1 saturated carbocycles. The van der Waals surface area contributed by atoms with Crippen LogP contribution in [0.2, 0.25) is 0 Å². The first kappa shape index (κ1) is 12.6. The van der Waals surface area contributed by atoms with Gasteiger partial charge in [-0.2, -0.15) is 0 Å². The first-order chi connectivity index (χ1) is 8.18. The number of rotatable bonds is 4. The van der Waals surface area contributed by atoms with Gasteiger partial charge < -0.3 is 11.1 Å². The minimum Gasteiger partial charge on any atom is -0.354 e. The molecular formula is C13H20N2OS. The van der Waals surface area contributed by atoms with Gasteiger partial charge in [0.05, 0.1) is 6.42 Å². The number of nitrogens with one attached hydrogen (secondary N) is 1. The van der Waals surface area contributed by atoms with E-state index in [1.54, 1.807) is 11.3 Å². The first-order valence-corrected chi connectivity index (χ1v) is 7.14. The SMILES string of the molecule is NC1(CNC(=O)Cc2cccs2)CCCCC1. The van der Waals surface area contributed by atoms with E-state index in [-0.39, 0.29) is 11.4 Å². The highest BCUT2D eigenvalue weighted by atomic mass is 32.1. The molecule has 17 heavy (non-hydrogen) atoms. The van der Waals surface area contributed by atoms with E-state index in [4.69, 9.17) is 5.73 Å². The topological polar surface area (TPSA) is 55.1 Å². The lowest BCUT2D eigenvalue weighted by molar-refractivity contribution is -0.120. The standard InChI is InChI=1S/C13H20N2OS/c14-13(6-2-1-3-7-13)10-15-12(16)9-11-5-4-8-17-11/h4-5,8H,1-3,6-7,9-10,14H2,(H,15,16). The van der Waals surface area contributed by atoms with Gasteiger partial charge in [-0.15, -0.1) is 11.3 Å². The smallest absolute Gasteiger partial charge is 0.225 e. The Morgan fingerprint density at radius 1 is 1.41 bits per heavy atom. The van der Waals surface area contributed by atoms with Crippen molar-refractivity contribution >= 4 is 17.2 Å². The van der Waals surface area contributed by atoms with Crippen molar-refractivity contribution in [2.75, 3.05) is 6.54 Å². The zero-order valence-corrected chi connectivity index (χ0v) is 10.9. The summed E-state index contributed by atoms with van der Waals surface area (Å²) in [6.07, 6.45) is 6.21. The van der Waals surface area contributed by atoms with Crippen LogP contribution in [0.1, 0.15) is 37.0 Å². The predicted molar refractivity (Wildman–Crippen MR) is 71.0 cm³/mol. The Labute approximate surface area is 106 Å². The highest BCUT2D eigenvalue weighted by Gasteiger charge is 2.27. The normalized spacial score (nSPS) is 18.9. The lowest BCUT2D eigenvalue weighted by Crippen LogP contribution is -2.51. The molecule has 1 aliphatic carbocycles. The van der Waals surface area contributed by atoms with E-state index < -0.39 is 0 Å². The Kier molecular flexibility index (Phi) is 4.18. The van der Waals surface area contributed by atoms with Gasteiger partial charge >= 0.3 is 0 Å². The fourth-order valence-corrected chi connectivity index (χ4v) is 3.04. The molecule has 0 unspecified atom stereocenters. The zero-order chi connectivity index (χ0) is 12.1. The van der Waals surface area contributed by atoms with Crippen LogP contribution >= 0.6 is 11.3 Å². The monoisotopic (exact) mass is 252 g/mol. The fraction of sp³-hybridized carbons (Fsp3) is 0.615. The van der Waals surface area contributed by atoms with E-state index in [1.165, 1.54) is 19.3 Å². The summed E-state index contributed by atoms with van der Waals surface area (Å²) in [5.41, 5.74) is 6.11. The van der Waals surface area contributed by atoms with Crippen molar-refractivity contribution in [2.24, 2.45) is 5.73 Å². The predicted octanol–water partition coefficient (Wildman–Crippen LogP) is 2.07. The largest absolute Gasteiger partial charge is 0.354 e. The minimum absolute atomic E-state index is 0.0860. The molecule has 1 fully saturated rings. The Morgan fingerprint density at radius 3 is 2.82 bits per heavy atom. The van der Waals surface area contributed by atoms with Crippen LogP contribution in [0.15, 0.2) is 17.5 Å². The molecule has 0 atom stereocenters. The lowest BCUT2D eigenvalue weighted by Gasteiger charge is -2.33. The molecule has 3 nitrogen and oxygen atoms in total. The highest BCUT2D eigenvalue weighted by molar-refractivity contribution is 7.10. The Bertz CT molecular complexity index is 356. The van der Waals surface area contributed by atoms with E-state index in [1.807, 2.05) is 17.5 Å². The highest BCUT2D eigenvalue weighted by Crippen LogP contribution is 2.25. The summed E-state index contributed by atoms with van der Waals surface area (Å²) in [5, 5.41) is 4.97. The summed E-state index contributed by atoms with van der Waals surface area (Å²) >= 11 is 1.62. The molecule has 4 heteroatoms. The average Bonchev–Trinajstić information content (AvgIpc) is 2.80. The molecule has 1 heterocycles. The Morgan fingerprint density at radius 2 is 2.18 bits per heavy atom. The third kappa shape index (κ3) is 3.82. The molecule has 1 aliphatic rings. The molecule has 0 saturated heterocycles. The van der Waals surface area contributed by atoms with Crippen LogP contribution in [0, 0.1) is 0 Å². The van der Waals surface area contributed by atoms with Gasteiger partial charge in [-0.1, -0.05) is 25.3 Å². The van der Waals surface area contributed by atoms with E-state index in [9.17, 15) is 4.79 Å². The second-order valence-electron chi connectivity index (χ2n) is 4.96. The molecule has 0 radical (unpaired) electrons. The molecule has 3 N–H and O–H groups in total. The van der Waals surface area contributed by atoms with Crippen molar-refractivity contribution < 1.29 is 4.79 Å². The molecule has 0 aliphatic heterocycles. The zero-order valence-electron chi connectivity index (χ0n) is 10.1. The van der Waals surface area contributed by atoms with E-state index in [2.05, 4.69) is 5.32 Å². The molecule has 1 aromatic heterocycles. The molecule has 1 aromatic rings. The quantitative estimate of drug-likeness (QED) is 0.862. The van der Waals surface area contributed by atoms with Crippen LogP contribution in [-0.2, 0) is 11.2 Å². The third-order valence-electron chi connectivity index (χ3n) is 3.40. The van der Waals surface area contributed by atoms with Gasteiger partial charge in [-0.3, -0.25) is 4.79 Å². The van der Waals surface area contributed by atoms with Crippen molar-refractivity contribution in [1.82, 2.24) is 5.32 Å². The van der Waals surface area contributed by atoms with Crippen LogP contribution in [0.5, 0.6) is 0 Å². The van der Waals surface area contributed by atoms with E-state index in [0.717, 1.165) is 17.7 Å². The maximum Gasteiger partial charge on any atom is 0.225 e. The van der Waals surface area contributed by atoms with Gasteiger partial charge in [-0.05, 0) is 24.3 Å². The number of hydrogen-bond acceptors (Lipinski definition) is 3. The van der Waals surface area contributed by atoms with Crippen LogP contribution in [0.4, 0.5) is 0 Å². The van der Waals surface area contributed by atoms with Gasteiger partial charge in [0.15, 0.2) is 0 Å². The van der Waals surface area contributed by atoms with Gasteiger partial charge in [0.2, 0.25) is 5.91 Å². The summed E-state index contributed by atoms with van der Waals surface area (Å²) in [5.74, 6) is 0.0860. The van der Waals surface area contributed by atoms with E-state index >= 15 is 0 Å². The number of carbonyl (C=O) groups is 1. The van der Waals surface area contributed by atoms with Crippen LogP contribution in [0.25, 0.3) is 0 Å². The average molecular weight is 252 g/mol. The Balaban J connectivity index is 1.75.